The molecular formula is C15H15BO2. The van der Waals surface area contributed by atoms with Crippen molar-refractivity contribution in [1.29, 1.82) is 0 Å². The Morgan fingerprint density at radius 2 is 1.28 bits per heavy atom. The highest BCUT2D eigenvalue weighted by atomic mass is 16.3. The number of hydrogen-bond acceptors (Lipinski definition) is 2. The van der Waals surface area contributed by atoms with Crippen LogP contribution in [0.4, 0.5) is 0 Å². The van der Waals surface area contributed by atoms with Gasteiger partial charge in [0.15, 0.2) is 0 Å². The largest absolute Gasteiger partial charge is 0.508 e. The third-order valence-corrected chi connectivity index (χ3v) is 2.78. The van der Waals surface area contributed by atoms with Crippen LogP contribution in [0, 0.1) is 0 Å². The van der Waals surface area contributed by atoms with E-state index >= 15 is 0 Å². The van der Waals surface area contributed by atoms with E-state index in [1.807, 2.05) is 48.6 Å². The minimum absolute atomic E-state index is 0.272. The highest BCUT2D eigenvalue weighted by molar-refractivity contribution is 6.64. The summed E-state index contributed by atoms with van der Waals surface area (Å²) in [5.41, 5.74) is 3.02. The van der Waals surface area contributed by atoms with Crippen molar-refractivity contribution in [2.45, 2.75) is 6.82 Å². The first-order chi connectivity index (χ1) is 8.65. The molecule has 0 radical (unpaired) electrons. The molecule has 0 saturated heterocycles. The van der Waals surface area contributed by atoms with E-state index in [0.717, 1.165) is 16.6 Å². The van der Waals surface area contributed by atoms with E-state index < -0.39 is 6.92 Å². The highest BCUT2D eigenvalue weighted by Gasteiger charge is 2.04. The van der Waals surface area contributed by atoms with Crippen molar-refractivity contribution < 1.29 is 10.1 Å². The van der Waals surface area contributed by atoms with Gasteiger partial charge in [0.05, 0.1) is 0 Å². The molecule has 90 valence electrons. The van der Waals surface area contributed by atoms with Crippen LogP contribution < -0.4 is 5.46 Å². The van der Waals surface area contributed by atoms with Crippen LogP contribution in [0.25, 0.3) is 12.2 Å². The molecule has 0 fully saturated rings. The van der Waals surface area contributed by atoms with E-state index in [4.69, 9.17) is 0 Å². The van der Waals surface area contributed by atoms with Crippen LogP contribution in [0.2, 0.25) is 6.82 Å². The Hall–Kier alpha value is -2.00. The lowest BCUT2D eigenvalue weighted by atomic mass is 9.64. The van der Waals surface area contributed by atoms with Crippen LogP contribution in [-0.2, 0) is 0 Å². The van der Waals surface area contributed by atoms with E-state index in [1.54, 1.807) is 19.0 Å². The van der Waals surface area contributed by atoms with Gasteiger partial charge in [0.25, 0.3) is 0 Å². The smallest absolute Gasteiger partial charge is 0.320 e. The highest BCUT2D eigenvalue weighted by Crippen LogP contribution is 2.12. The molecule has 2 N–H and O–H groups in total. The first-order valence-electron chi connectivity index (χ1n) is 5.90. The summed E-state index contributed by atoms with van der Waals surface area (Å²) in [6.07, 6.45) is 3.98. The lowest BCUT2D eigenvalue weighted by Crippen LogP contribution is -2.25. The predicted octanol–water partition coefficient (Wildman–Crippen LogP) is 2.38. The van der Waals surface area contributed by atoms with Crippen molar-refractivity contribution in [2.24, 2.45) is 0 Å². The monoisotopic (exact) mass is 238 g/mol. The van der Waals surface area contributed by atoms with Gasteiger partial charge in [0.2, 0.25) is 0 Å². The molecule has 0 atom stereocenters. The molecule has 0 unspecified atom stereocenters. The normalized spacial score (nSPS) is 10.8. The fourth-order valence-corrected chi connectivity index (χ4v) is 1.66. The summed E-state index contributed by atoms with van der Waals surface area (Å²) in [6.45, 7) is 1.32. The van der Waals surface area contributed by atoms with Gasteiger partial charge in [-0.25, -0.2) is 0 Å². The molecule has 0 bridgehead atoms. The average molecular weight is 238 g/mol. The van der Waals surface area contributed by atoms with Gasteiger partial charge in [0, 0.05) is 0 Å². The maximum absolute atomic E-state index is 9.41. The Morgan fingerprint density at radius 3 is 1.72 bits per heavy atom. The van der Waals surface area contributed by atoms with Crippen molar-refractivity contribution in [3.63, 3.8) is 0 Å². The molecule has 0 saturated carbocycles. The van der Waals surface area contributed by atoms with Crippen molar-refractivity contribution in [2.75, 3.05) is 0 Å². The number of benzene rings is 2. The Balaban J connectivity index is 2.11. The summed E-state index contributed by atoms with van der Waals surface area (Å²) in [5, 5.41) is 18.6. The van der Waals surface area contributed by atoms with E-state index in [1.165, 1.54) is 0 Å². The van der Waals surface area contributed by atoms with Crippen molar-refractivity contribution in [3.8, 4) is 5.75 Å². The van der Waals surface area contributed by atoms with Gasteiger partial charge in [0.1, 0.15) is 5.75 Å². The third kappa shape index (κ3) is 3.25. The number of rotatable bonds is 3. The van der Waals surface area contributed by atoms with Gasteiger partial charge >= 0.3 is 6.92 Å². The first-order valence-corrected chi connectivity index (χ1v) is 5.90. The minimum Gasteiger partial charge on any atom is -0.508 e. The molecule has 3 heteroatoms. The zero-order valence-corrected chi connectivity index (χ0v) is 10.2. The predicted molar refractivity (Wildman–Crippen MR) is 76.9 cm³/mol. The van der Waals surface area contributed by atoms with E-state index in [0.29, 0.717) is 0 Å². The zero-order valence-electron chi connectivity index (χ0n) is 10.2. The quantitative estimate of drug-likeness (QED) is 0.636. The van der Waals surface area contributed by atoms with Crippen molar-refractivity contribution >= 4 is 24.5 Å². The van der Waals surface area contributed by atoms with Gasteiger partial charge in [-0.2, -0.15) is 0 Å². The lowest BCUT2D eigenvalue weighted by Gasteiger charge is -2.01. The summed E-state index contributed by atoms with van der Waals surface area (Å²) in [6, 6.07) is 14.8. The summed E-state index contributed by atoms with van der Waals surface area (Å²) >= 11 is 0. The van der Waals surface area contributed by atoms with Crippen LogP contribution in [0.5, 0.6) is 5.75 Å². The molecule has 0 aliphatic rings. The average Bonchev–Trinajstić information content (AvgIpc) is 2.38. The van der Waals surface area contributed by atoms with E-state index in [2.05, 4.69) is 0 Å². The fourth-order valence-electron chi connectivity index (χ4n) is 1.66. The molecule has 0 aliphatic heterocycles. The molecule has 2 aromatic rings. The molecule has 0 heterocycles. The van der Waals surface area contributed by atoms with Crippen LogP contribution in [-0.4, -0.2) is 17.0 Å². The Labute approximate surface area is 107 Å². The van der Waals surface area contributed by atoms with Crippen LogP contribution >= 0.6 is 0 Å². The molecule has 0 aromatic heterocycles. The number of hydrogen-bond donors (Lipinski definition) is 2. The van der Waals surface area contributed by atoms with Crippen LogP contribution in [0.3, 0.4) is 0 Å². The second kappa shape index (κ2) is 5.56. The molecule has 18 heavy (non-hydrogen) atoms. The van der Waals surface area contributed by atoms with E-state index in [9.17, 15) is 10.1 Å². The Bertz CT molecular complexity index is 527. The van der Waals surface area contributed by atoms with Gasteiger partial charge in [-0.15, -0.1) is 0 Å². The molecule has 0 spiro atoms. The summed E-state index contributed by atoms with van der Waals surface area (Å²) < 4.78 is 0. The lowest BCUT2D eigenvalue weighted by molar-refractivity contribution is 0.475. The second-order valence-corrected chi connectivity index (χ2v) is 4.27. The Morgan fingerprint density at radius 1 is 0.833 bits per heavy atom. The van der Waals surface area contributed by atoms with Crippen LogP contribution in [0.15, 0.2) is 48.5 Å². The summed E-state index contributed by atoms with van der Waals surface area (Å²) in [5.74, 6) is 0.272. The van der Waals surface area contributed by atoms with Crippen molar-refractivity contribution in [3.05, 3.63) is 59.7 Å². The number of phenols is 1. The van der Waals surface area contributed by atoms with Gasteiger partial charge in [-0.1, -0.05) is 55.4 Å². The standard InChI is InChI=1S/C15H15BO2/c1-16(18)14-8-4-12(5-9-14)2-3-13-6-10-15(17)11-7-13/h2-11,17-18H,1H3. The first kappa shape index (κ1) is 12.5. The molecule has 2 aromatic carbocycles. The van der Waals surface area contributed by atoms with Gasteiger partial charge in [-0.3, -0.25) is 0 Å². The summed E-state index contributed by atoms with van der Waals surface area (Å²) in [4.78, 5) is 0. The number of aromatic hydroxyl groups is 1. The third-order valence-electron chi connectivity index (χ3n) is 2.78. The molecule has 0 aliphatic carbocycles. The molecule has 2 rings (SSSR count). The molecule has 0 amide bonds. The topological polar surface area (TPSA) is 40.5 Å². The van der Waals surface area contributed by atoms with Gasteiger partial charge < -0.3 is 10.1 Å². The van der Waals surface area contributed by atoms with Crippen molar-refractivity contribution in [1.82, 2.24) is 0 Å². The maximum atomic E-state index is 9.41. The summed E-state index contributed by atoms with van der Waals surface area (Å²) in [7, 11) is 0. The zero-order chi connectivity index (χ0) is 13.0. The second-order valence-electron chi connectivity index (χ2n) is 4.27. The SMILES string of the molecule is CB(O)c1ccc(C=Cc2ccc(O)cc2)cc1. The van der Waals surface area contributed by atoms with E-state index in [-0.39, 0.29) is 5.75 Å². The fraction of sp³-hybridized carbons (Fsp3) is 0.0667. The maximum Gasteiger partial charge on any atom is 0.320 e. The minimum atomic E-state index is -0.430. The molecule has 2 nitrogen and oxygen atoms in total. The number of phenolic OH excluding ortho intramolecular Hbond substituents is 1. The molecular weight excluding hydrogens is 223 g/mol. The van der Waals surface area contributed by atoms with Crippen LogP contribution in [0.1, 0.15) is 11.1 Å². The van der Waals surface area contributed by atoms with Gasteiger partial charge in [-0.05, 0) is 28.7 Å². The Kier molecular flexibility index (Phi) is 3.85.